The Morgan fingerprint density at radius 1 is 1.53 bits per heavy atom. The Balaban J connectivity index is 2.49. The van der Waals surface area contributed by atoms with E-state index in [4.69, 9.17) is 5.11 Å². The van der Waals surface area contributed by atoms with E-state index in [9.17, 15) is 9.59 Å². The molecule has 0 aliphatic rings. The predicted octanol–water partition coefficient (Wildman–Crippen LogP) is 0.114. The fourth-order valence-corrected chi connectivity index (χ4v) is 1.50. The van der Waals surface area contributed by atoms with E-state index >= 15 is 0 Å². The maximum atomic E-state index is 11.6. The number of urea groups is 1. The minimum Gasteiger partial charge on any atom is -0.480 e. The van der Waals surface area contributed by atoms with Gasteiger partial charge in [-0.15, -0.1) is 10.2 Å². The average Bonchev–Trinajstić information content (AvgIpc) is 2.77. The molecular weight excluding hydrogens is 250 g/mol. The fraction of sp³-hybridized carbons (Fsp3) is 0.636. The van der Waals surface area contributed by atoms with Crippen molar-refractivity contribution < 1.29 is 14.7 Å². The van der Waals surface area contributed by atoms with Crippen molar-refractivity contribution in [3.8, 4) is 0 Å². The number of carboxylic acid groups (broad SMARTS) is 1. The SMILES string of the molecule is CC[C@H](C)[C@H](NC(=O)NCc1nncn1C)C(=O)O. The Labute approximate surface area is 111 Å². The number of aromatic nitrogens is 3. The summed E-state index contributed by atoms with van der Waals surface area (Å²) < 4.78 is 1.67. The van der Waals surface area contributed by atoms with E-state index < -0.39 is 18.0 Å². The van der Waals surface area contributed by atoms with Crippen molar-refractivity contribution in [1.29, 1.82) is 0 Å². The van der Waals surface area contributed by atoms with Crippen LogP contribution < -0.4 is 10.6 Å². The second kappa shape index (κ2) is 6.72. The van der Waals surface area contributed by atoms with Crippen LogP contribution in [0.25, 0.3) is 0 Å². The third-order valence-corrected chi connectivity index (χ3v) is 2.98. The van der Waals surface area contributed by atoms with E-state index in [1.165, 1.54) is 6.33 Å². The lowest BCUT2D eigenvalue weighted by molar-refractivity contribution is -0.140. The molecule has 3 N–H and O–H groups in total. The van der Waals surface area contributed by atoms with Crippen LogP contribution in [-0.4, -0.2) is 37.9 Å². The highest BCUT2D eigenvalue weighted by Gasteiger charge is 2.25. The van der Waals surface area contributed by atoms with Crippen LogP contribution in [0.15, 0.2) is 6.33 Å². The summed E-state index contributed by atoms with van der Waals surface area (Å²) in [6.45, 7) is 3.84. The highest BCUT2D eigenvalue weighted by molar-refractivity contribution is 5.82. The second-order valence-corrected chi connectivity index (χ2v) is 4.39. The molecule has 106 valence electrons. The molecule has 19 heavy (non-hydrogen) atoms. The molecule has 0 unspecified atom stereocenters. The lowest BCUT2D eigenvalue weighted by Gasteiger charge is -2.20. The van der Waals surface area contributed by atoms with Gasteiger partial charge in [0.15, 0.2) is 5.82 Å². The molecule has 0 bridgehead atoms. The number of nitrogens with one attached hydrogen (secondary N) is 2. The largest absolute Gasteiger partial charge is 0.480 e. The maximum Gasteiger partial charge on any atom is 0.326 e. The van der Waals surface area contributed by atoms with Gasteiger partial charge >= 0.3 is 12.0 Å². The molecule has 0 aliphatic heterocycles. The average molecular weight is 269 g/mol. The summed E-state index contributed by atoms with van der Waals surface area (Å²) in [5.74, 6) is -0.591. The third-order valence-electron chi connectivity index (χ3n) is 2.98. The summed E-state index contributed by atoms with van der Waals surface area (Å²) in [6, 6.07) is -1.43. The number of nitrogens with zero attached hydrogens (tertiary/aromatic N) is 3. The van der Waals surface area contributed by atoms with Gasteiger partial charge in [-0.25, -0.2) is 9.59 Å². The smallest absolute Gasteiger partial charge is 0.326 e. The van der Waals surface area contributed by atoms with Crippen LogP contribution in [0.1, 0.15) is 26.1 Å². The highest BCUT2D eigenvalue weighted by Crippen LogP contribution is 2.07. The molecule has 1 heterocycles. The first-order valence-corrected chi connectivity index (χ1v) is 6.05. The number of carbonyl (C=O) groups excluding carboxylic acids is 1. The lowest BCUT2D eigenvalue weighted by Crippen LogP contribution is -2.49. The number of aliphatic carboxylic acids is 1. The number of hydrogen-bond acceptors (Lipinski definition) is 4. The van der Waals surface area contributed by atoms with E-state index in [1.54, 1.807) is 18.5 Å². The molecule has 0 spiro atoms. The molecule has 2 amide bonds. The molecule has 0 aliphatic carbocycles. The molecule has 1 aromatic heterocycles. The van der Waals surface area contributed by atoms with Gasteiger partial charge in [0.2, 0.25) is 0 Å². The zero-order chi connectivity index (χ0) is 14.4. The number of carbonyl (C=O) groups is 2. The number of aryl methyl sites for hydroxylation is 1. The molecule has 8 heteroatoms. The van der Waals surface area contributed by atoms with Gasteiger partial charge in [0.05, 0.1) is 6.54 Å². The Morgan fingerprint density at radius 2 is 2.21 bits per heavy atom. The zero-order valence-corrected chi connectivity index (χ0v) is 11.3. The summed E-state index contributed by atoms with van der Waals surface area (Å²) in [5.41, 5.74) is 0. The Bertz CT molecular complexity index is 445. The maximum absolute atomic E-state index is 11.6. The van der Waals surface area contributed by atoms with Gasteiger partial charge in [0.25, 0.3) is 0 Å². The topological polar surface area (TPSA) is 109 Å². The van der Waals surface area contributed by atoms with Crippen LogP contribution in [0, 0.1) is 5.92 Å². The molecule has 0 radical (unpaired) electrons. The monoisotopic (exact) mass is 269 g/mol. The highest BCUT2D eigenvalue weighted by atomic mass is 16.4. The molecular formula is C11H19N5O3. The summed E-state index contributed by atoms with van der Waals surface area (Å²) >= 11 is 0. The quantitative estimate of drug-likeness (QED) is 0.679. The van der Waals surface area contributed by atoms with Crippen molar-refractivity contribution in [2.24, 2.45) is 13.0 Å². The van der Waals surface area contributed by atoms with Gasteiger partial charge in [-0.1, -0.05) is 20.3 Å². The molecule has 0 saturated carbocycles. The minimum absolute atomic E-state index is 0.141. The summed E-state index contributed by atoms with van der Waals surface area (Å²) in [7, 11) is 1.76. The standard InChI is InChI=1S/C11H19N5O3/c1-4-7(2)9(10(17)18)14-11(19)12-5-8-15-13-6-16(8)3/h6-7,9H,4-5H2,1-3H3,(H,17,18)(H2,12,14,19)/t7-,9-/m0/s1. The number of rotatable bonds is 6. The summed E-state index contributed by atoms with van der Waals surface area (Å²) in [4.78, 5) is 22.7. The normalized spacial score (nSPS) is 13.6. The Hall–Kier alpha value is -2.12. The fourth-order valence-electron chi connectivity index (χ4n) is 1.50. The van der Waals surface area contributed by atoms with Crippen LogP contribution in [0.2, 0.25) is 0 Å². The van der Waals surface area contributed by atoms with Gasteiger partial charge in [-0.05, 0) is 5.92 Å². The Kier molecular flexibility index (Phi) is 5.28. The van der Waals surface area contributed by atoms with E-state index in [0.29, 0.717) is 12.2 Å². The van der Waals surface area contributed by atoms with Gasteiger partial charge in [-0.2, -0.15) is 0 Å². The first-order valence-electron chi connectivity index (χ1n) is 6.05. The molecule has 2 atom stereocenters. The summed E-state index contributed by atoms with van der Waals surface area (Å²) in [6.07, 6.45) is 2.19. The third kappa shape index (κ3) is 4.23. The van der Waals surface area contributed by atoms with Crippen LogP contribution >= 0.6 is 0 Å². The van der Waals surface area contributed by atoms with E-state index in [-0.39, 0.29) is 12.5 Å². The Morgan fingerprint density at radius 3 is 2.68 bits per heavy atom. The molecule has 1 rings (SSSR count). The second-order valence-electron chi connectivity index (χ2n) is 4.39. The lowest BCUT2D eigenvalue weighted by atomic mass is 9.99. The van der Waals surface area contributed by atoms with Gasteiger partial charge in [0.1, 0.15) is 12.4 Å². The first-order chi connectivity index (χ1) is 8.95. The molecule has 0 aromatic carbocycles. The minimum atomic E-state index is -1.04. The molecule has 8 nitrogen and oxygen atoms in total. The van der Waals surface area contributed by atoms with Crippen molar-refractivity contribution in [2.75, 3.05) is 0 Å². The van der Waals surface area contributed by atoms with Gasteiger partial charge < -0.3 is 20.3 Å². The van der Waals surface area contributed by atoms with Gasteiger partial charge in [0, 0.05) is 7.05 Å². The number of hydrogen-bond donors (Lipinski definition) is 3. The van der Waals surface area contributed by atoms with Crippen molar-refractivity contribution in [3.63, 3.8) is 0 Å². The van der Waals surface area contributed by atoms with Crippen LogP contribution in [0.4, 0.5) is 4.79 Å². The van der Waals surface area contributed by atoms with Crippen molar-refractivity contribution >= 4 is 12.0 Å². The first kappa shape index (κ1) is 14.9. The predicted molar refractivity (Wildman–Crippen MR) is 67.3 cm³/mol. The van der Waals surface area contributed by atoms with E-state index in [2.05, 4.69) is 20.8 Å². The molecule has 0 fully saturated rings. The van der Waals surface area contributed by atoms with Crippen LogP contribution in [0.5, 0.6) is 0 Å². The molecule has 1 aromatic rings. The number of carboxylic acids is 1. The van der Waals surface area contributed by atoms with Gasteiger partial charge in [-0.3, -0.25) is 0 Å². The number of amides is 2. The van der Waals surface area contributed by atoms with Crippen LogP contribution in [0.3, 0.4) is 0 Å². The van der Waals surface area contributed by atoms with Crippen molar-refractivity contribution in [2.45, 2.75) is 32.9 Å². The van der Waals surface area contributed by atoms with E-state index in [1.807, 2.05) is 6.92 Å². The summed E-state index contributed by atoms with van der Waals surface area (Å²) in [5, 5.41) is 21.5. The van der Waals surface area contributed by atoms with Crippen molar-refractivity contribution in [1.82, 2.24) is 25.4 Å². The van der Waals surface area contributed by atoms with Crippen LogP contribution in [-0.2, 0) is 18.4 Å². The van der Waals surface area contributed by atoms with E-state index in [0.717, 1.165) is 0 Å². The zero-order valence-electron chi connectivity index (χ0n) is 11.3. The molecule has 0 saturated heterocycles. The van der Waals surface area contributed by atoms with Crippen molar-refractivity contribution in [3.05, 3.63) is 12.2 Å².